The highest BCUT2D eigenvalue weighted by molar-refractivity contribution is 5.84. The van der Waals surface area contributed by atoms with Gasteiger partial charge in [-0.15, -0.1) is 0 Å². The molecule has 0 aliphatic carbocycles. The van der Waals surface area contributed by atoms with Crippen LogP contribution in [0.3, 0.4) is 0 Å². The van der Waals surface area contributed by atoms with Crippen LogP contribution >= 0.6 is 0 Å². The summed E-state index contributed by atoms with van der Waals surface area (Å²) < 4.78 is 11.5. The molecule has 2 aromatic carbocycles. The lowest BCUT2D eigenvalue weighted by Crippen LogP contribution is -2.07. The normalized spacial score (nSPS) is 10.6. The fourth-order valence-electron chi connectivity index (χ4n) is 2.69. The van der Waals surface area contributed by atoms with Crippen LogP contribution in [0.5, 0.6) is 11.5 Å². The molecular weight excluding hydrogens is 330 g/mol. The minimum Gasteiger partial charge on any atom is -0.460 e. The summed E-state index contributed by atoms with van der Waals surface area (Å²) >= 11 is 0. The first kappa shape index (κ1) is 15.7. The van der Waals surface area contributed by atoms with E-state index in [-0.39, 0.29) is 5.56 Å². The van der Waals surface area contributed by atoms with Crippen LogP contribution in [0.4, 0.5) is 0 Å². The predicted octanol–water partition coefficient (Wildman–Crippen LogP) is 3.77. The Hall–Kier alpha value is -3.85. The molecule has 0 unspecified atom stereocenters. The van der Waals surface area contributed by atoms with Crippen molar-refractivity contribution in [2.75, 3.05) is 0 Å². The lowest BCUT2D eigenvalue weighted by atomic mass is 10.1. The van der Waals surface area contributed by atoms with E-state index in [0.29, 0.717) is 29.1 Å². The molecule has 0 saturated carbocycles. The number of fused-ring (bicyclic) bond motifs is 1. The lowest BCUT2D eigenvalue weighted by Gasteiger charge is -2.09. The van der Waals surface area contributed by atoms with Gasteiger partial charge in [-0.1, -0.05) is 0 Å². The molecule has 1 N–H and O–H groups in total. The van der Waals surface area contributed by atoms with Gasteiger partial charge < -0.3 is 9.15 Å². The van der Waals surface area contributed by atoms with E-state index in [2.05, 4.69) is 16.3 Å². The first-order valence-corrected chi connectivity index (χ1v) is 7.94. The molecule has 26 heavy (non-hydrogen) atoms. The predicted molar refractivity (Wildman–Crippen MR) is 95.1 cm³/mol. The van der Waals surface area contributed by atoms with Gasteiger partial charge in [0.1, 0.15) is 5.75 Å². The highest BCUT2D eigenvalue weighted by Crippen LogP contribution is 2.33. The average molecular weight is 343 g/mol. The molecule has 6 heteroatoms. The zero-order valence-corrected chi connectivity index (χ0v) is 13.6. The Morgan fingerprint density at radius 2 is 1.96 bits per heavy atom. The van der Waals surface area contributed by atoms with Crippen LogP contribution < -0.4 is 10.3 Å². The van der Waals surface area contributed by atoms with E-state index >= 15 is 0 Å². The van der Waals surface area contributed by atoms with Gasteiger partial charge in [0, 0.05) is 17.9 Å². The van der Waals surface area contributed by atoms with Gasteiger partial charge in [0.2, 0.25) is 0 Å². The standard InChI is InChI=1S/C20H13N3O3/c21-12-13-1-4-17(5-2-13)26-18-11-14(9-15-7-8-25-20(15)18)10-16-3-6-19(24)23-22-16/h1-9,11H,10H2,(H,23,24). The summed E-state index contributed by atoms with van der Waals surface area (Å²) in [5.74, 6) is 1.19. The SMILES string of the molecule is N#Cc1ccc(Oc2cc(Cc3ccc(=O)[nH]n3)cc3ccoc23)cc1. The van der Waals surface area contributed by atoms with Crippen LogP contribution in [0.25, 0.3) is 11.0 Å². The molecule has 2 aromatic heterocycles. The lowest BCUT2D eigenvalue weighted by molar-refractivity contribution is 0.472. The van der Waals surface area contributed by atoms with Gasteiger partial charge in [-0.3, -0.25) is 4.79 Å². The van der Waals surface area contributed by atoms with Crippen molar-refractivity contribution in [1.82, 2.24) is 10.2 Å². The van der Waals surface area contributed by atoms with Crippen molar-refractivity contribution in [3.8, 4) is 17.6 Å². The maximum absolute atomic E-state index is 11.1. The number of H-pyrrole nitrogens is 1. The van der Waals surface area contributed by atoms with Crippen molar-refractivity contribution in [3.63, 3.8) is 0 Å². The van der Waals surface area contributed by atoms with Crippen molar-refractivity contribution < 1.29 is 9.15 Å². The smallest absolute Gasteiger partial charge is 0.264 e. The van der Waals surface area contributed by atoms with Crippen LogP contribution in [0.1, 0.15) is 16.8 Å². The van der Waals surface area contributed by atoms with E-state index in [1.54, 1.807) is 36.6 Å². The molecule has 4 aromatic rings. The average Bonchev–Trinajstić information content (AvgIpc) is 3.13. The molecular formula is C20H13N3O3. The number of aromatic amines is 1. The summed E-state index contributed by atoms with van der Waals surface area (Å²) in [6.07, 6.45) is 2.15. The fourth-order valence-corrected chi connectivity index (χ4v) is 2.69. The van der Waals surface area contributed by atoms with E-state index in [1.165, 1.54) is 6.07 Å². The zero-order valence-electron chi connectivity index (χ0n) is 13.6. The van der Waals surface area contributed by atoms with Crippen molar-refractivity contribution in [2.24, 2.45) is 0 Å². The van der Waals surface area contributed by atoms with E-state index in [4.69, 9.17) is 14.4 Å². The van der Waals surface area contributed by atoms with Crippen LogP contribution in [0.15, 0.2) is 70.1 Å². The van der Waals surface area contributed by atoms with Gasteiger partial charge in [-0.05, 0) is 54.1 Å². The van der Waals surface area contributed by atoms with Gasteiger partial charge in [0.25, 0.3) is 5.56 Å². The number of aromatic nitrogens is 2. The molecule has 0 bridgehead atoms. The Morgan fingerprint density at radius 1 is 1.12 bits per heavy atom. The maximum Gasteiger partial charge on any atom is 0.264 e. The van der Waals surface area contributed by atoms with Crippen molar-refractivity contribution in [2.45, 2.75) is 6.42 Å². The molecule has 6 nitrogen and oxygen atoms in total. The topological polar surface area (TPSA) is 91.9 Å². The number of benzene rings is 2. The largest absolute Gasteiger partial charge is 0.460 e. The van der Waals surface area contributed by atoms with Crippen LogP contribution in [0, 0.1) is 11.3 Å². The summed E-state index contributed by atoms with van der Waals surface area (Å²) in [5.41, 5.74) is 2.70. The third kappa shape index (κ3) is 3.19. The van der Waals surface area contributed by atoms with Gasteiger partial charge in [0.15, 0.2) is 11.3 Å². The van der Waals surface area contributed by atoms with Gasteiger partial charge in [0.05, 0.1) is 23.6 Å². The monoisotopic (exact) mass is 343 g/mol. The van der Waals surface area contributed by atoms with Crippen molar-refractivity contribution in [1.29, 1.82) is 5.26 Å². The van der Waals surface area contributed by atoms with E-state index in [1.807, 2.05) is 18.2 Å². The van der Waals surface area contributed by atoms with Crippen molar-refractivity contribution in [3.05, 3.63) is 88.0 Å². The molecule has 0 aliphatic rings. The van der Waals surface area contributed by atoms with E-state index in [9.17, 15) is 4.79 Å². The quantitative estimate of drug-likeness (QED) is 0.609. The van der Waals surface area contributed by atoms with Gasteiger partial charge in [-0.25, -0.2) is 5.10 Å². The molecule has 0 atom stereocenters. The first-order valence-electron chi connectivity index (χ1n) is 7.94. The maximum atomic E-state index is 11.1. The number of hydrogen-bond donors (Lipinski definition) is 1. The molecule has 0 saturated heterocycles. The molecule has 0 fully saturated rings. The van der Waals surface area contributed by atoms with Crippen LogP contribution in [-0.2, 0) is 6.42 Å². The Kier molecular flexibility index (Phi) is 3.96. The molecule has 0 amide bonds. The Bertz CT molecular complexity index is 1150. The third-order valence-electron chi connectivity index (χ3n) is 3.91. The molecule has 0 aliphatic heterocycles. The first-order chi connectivity index (χ1) is 12.7. The Morgan fingerprint density at radius 3 is 2.69 bits per heavy atom. The van der Waals surface area contributed by atoms with Gasteiger partial charge in [-0.2, -0.15) is 10.4 Å². The summed E-state index contributed by atoms with van der Waals surface area (Å²) in [7, 11) is 0. The molecule has 0 radical (unpaired) electrons. The number of furan rings is 1. The molecule has 2 heterocycles. The van der Waals surface area contributed by atoms with Crippen LogP contribution in [-0.4, -0.2) is 10.2 Å². The van der Waals surface area contributed by atoms with Crippen molar-refractivity contribution >= 4 is 11.0 Å². The minimum absolute atomic E-state index is 0.233. The summed E-state index contributed by atoms with van der Waals surface area (Å²) in [6.45, 7) is 0. The number of nitrogens with zero attached hydrogens (tertiary/aromatic N) is 2. The fraction of sp³-hybridized carbons (Fsp3) is 0.0500. The number of hydrogen-bond acceptors (Lipinski definition) is 5. The highest BCUT2D eigenvalue weighted by Gasteiger charge is 2.11. The summed E-state index contributed by atoms with van der Waals surface area (Å²) in [5, 5.41) is 16.3. The highest BCUT2D eigenvalue weighted by atomic mass is 16.5. The molecule has 126 valence electrons. The number of ether oxygens (including phenoxy) is 1. The summed E-state index contributed by atoms with van der Waals surface area (Å²) in [6, 6.07) is 17.8. The minimum atomic E-state index is -0.233. The molecule has 0 spiro atoms. The van der Waals surface area contributed by atoms with E-state index in [0.717, 1.165) is 16.6 Å². The molecule has 4 rings (SSSR count). The second-order valence-electron chi connectivity index (χ2n) is 5.76. The second kappa shape index (κ2) is 6.57. The van der Waals surface area contributed by atoms with Gasteiger partial charge >= 0.3 is 0 Å². The Balaban J connectivity index is 1.68. The number of rotatable bonds is 4. The summed E-state index contributed by atoms with van der Waals surface area (Å²) in [4.78, 5) is 11.1. The second-order valence-corrected chi connectivity index (χ2v) is 5.76. The van der Waals surface area contributed by atoms with E-state index < -0.39 is 0 Å². The van der Waals surface area contributed by atoms with Crippen LogP contribution in [0.2, 0.25) is 0 Å². The number of nitriles is 1. The third-order valence-corrected chi connectivity index (χ3v) is 3.91. The number of nitrogens with one attached hydrogen (secondary N) is 1. The zero-order chi connectivity index (χ0) is 17.9. The Labute approximate surface area is 148 Å².